The minimum atomic E-state index is -0.859. The summed E-state index contributed by atoms with van der Waals surface area (Å²) in [5.74, 6) is -0.795. The van der Waals surface area contributed by atoms with Crippen LogP contribution in [0.3, 0.4) is 0 Å². The van der Waals surface area contributed by atoms with Crippen LogP contribution in [0.25, 0.3) is 11.1 Å². The van der Waals surface area contributed by atoms with Crippen molar-refractivity contribution in [2.24, 2.45) is 5.41 Å². The summed E-state index contributed by atoms with van der Waals surface area (Å²) in [6, 6.07) is 4.12. The van der Waals surface area contributed by atoms with E-state index in [9.17, 15) is 9.18 Å². The highest BCUT2D eigenvalue weighted by molar-refractivity contribution is 5.72. The van der Waals surface area contributed by atoms with Crippen molar-refractivity contribution >= 4 is 17.1 Å². The van der Waals surface area contributed by atoms with E-state index in [0.717, 1.165) is 0 Å². The number of nitrogens with zero attached hydrogens (tertiary/aromatic N) is 1. The van der Waals surface area contributed by atoms with Crippen molar-refractivity contribution in [1.82, 2.24) is 4.98 Å². The summed E-state index contributed by atoms with van der Waals surface area (Å²) in [6.45, 7) is 3.66. The fourth-order valence-electron chi connectivity index (χ4n) is 1.91. The van der Waals surface area contributed by atoms with Crippen LogP contribution in [-0.4, -0.2) is 16.1 Å². The molecule has 0 aliphatic carbocycles. The predicted molar refractivity (Wildman–Crippen MR) is 63.7 cm³/mol. The van der Waals surface area contributed by atoms with Crippen LogP contribution in [0, 0.1) is 11.2 Å². The first-order chi connectivity index (χ1) is 8.35. The van der Waals surface area contributed by atoms with Gasteiger partial charge in [-0.15, -0.1) is 0 Å². The highest BCUT2D eigenvalue weighted by atomic mass is 19.1. The minimum Gasteiger partial charge on any atom is -0.481 e. The number of oxazole rings is 1. The van der Waals surface area contributed by atoms with E-state index >= 15 is 0 Å². The van der Waals surface area contributed by atoms with Crippen molar-refractivity contribution in [3.05, 3.63) is 29.9 Å². The average Bonchev–Trinajstić information content (AvgIpc) is 2.55. The molecule has 0 fully saturated rings. The number of hydrogen-bond acceptors (Lipinski definition) is 3. The van der Waals surface area contributed by atoms with Crippen molar-refractivity contribution in [2.75, 3.05) is 0 Å². The highest BCUT2D eigenvalue weighted by Crippen LogP contribution is 2.27. The minimum absolute atomic E-state index is 0.0279. The van der Waals surface area contributed by atoms with Gasteiger partial charge in [-0.3, -0.25) is 4.79 Å². The van der Waals surface area contributed by atoms with Gasteiger partial charge in [0.25, 0.3) is 0 Å². The van der Waals surface area contributed by atoms with Gasteiger partial charge >= 0.3 is 5.97 Å². The summed E-state index contributed by atoms with van der Waals surface area (Å²) >= 11 is 0. The van der Waals surface area contributed by atoms with Crippen LogP contribution >= 0.6 is 0 Å². The fourth-order valence-corrected chi connectivity index (χ4v) is 1.91. The quantitative estimate of drug-likeness (QED) is 0.907. The molecule has 1 aromatic heterocycles. The van der Waals surface area contributed by atoms with Gasteiger partial charge in [0.2, 0.25) is 0 Å². The summed E-state index contributed by atoms with van der Waals surface area (Å²) in [5, 5.41) is 8.80. The Morgan fingerprint density at radius 1 is 1.50 bits per heavy atom. The third kappa shape index (κ3) is 2.85. The molecule has 2 aromatic rings. The standard InChI is InChI=1S/C13H14FNO3/c1-13(2,7-12(16)17)6-11-15-9-5-8(14)3-4-10(9)18-11/h3-5H,6-7H2,1-2H3,(H,16,17). The lowest BCUT2D eigenvalue weighted by Gasteiger charge is -2.19. The Morgan fingerprint density at radius 3 is 2.89 bits per heavy atom. The first-order valence-corrected chi connectivity index (χ1v) is 5.62. The van der Waals surface area contributed by atoms with E-state index in [-0.39, 0.29) is 12.2 Å². The van der Waals surface area contributed by atoms with E-state index in [1.54, 1.807) is 0 Å². The highest BCUT2D eigenvalue weighted by Gasteiger charge is 2.25. The molecule has 0 saturated carbocycles. The number of carboxylic acid groups (broad SMARTS) is 1. The second kappa shape index (κ2) is 4.40. The first kappa shape index (κ1) is 12.5. The Hall–Kier alpha value is -1.91. The summed E-state index contributed by atoms with van der Waals surface area (Å²) in [6.07, 6.45) is 0.426. The summed E-state index contributed by atoms with van der Waals surface area (Å²) in [4.78, 5) is 14.9. The van der Waals surface area contributed by atoms with Gasteiger partial charge in [0.1, 0.15) is 11.3 Å². The normalized spacial score (nSPS) is 11.9. The number of halogens is 1. The molecular weight excluding hydrogens is 237 g/mol. The van der Waals surface area contributed by atoms with Crippen molar-refractivity contribution in [1.29, 1.82) is 0 Å². The number of aliphatic carboxylic acids is 1. The first-order valence-electron chi connectivity index (χ1n) is 5.62. The van der Waals surface area contributed by atoms with Crippen LogP contribution in [0.15, 0.2) is 22.6 Å². The van der Waals surface area contributed by atoms with Crippen LogP contribution in [-0.2, 0) is 11.2 Å². The molecular formula is C13H14FNO3. The van der Waals surface area contributed by atoms with E-state index in [1.807, 2.05) is 13.8 Å². The van der Waals surface area contributed by atoms with E-state index in [4.69, 9.17) is 9.52 Å². The molecule has 0 atom stereocenters. The van der Waals surface area contributed by atoms with Crippen LogP contribution in [0.5, 0.6) is 0 Å². The molecule has 1 heterocycles. The maximum Gasteiger partial charge on any atom is 0.303 e. The number of carbonyl (C=O) groups is 1. The van der Waals surface area contributed by atoms with E-state index in [2.05, 4.69) is 4.98 Å². The Kier molecular flexibility index (Phi) is 3.07. The molecule has 0 bridgehead atoms. The molecule has 0 unspecified atom stereocenters. The fraction of sp³-hybridized carbons (Fsp3) is 0.385. The molecule has 0 radical (unpaired) electrons. The van der Waals surface area contributed by atoms with Gasteiger partial charge in [0.05, 0.1) is 6.42 Å². The predicted octanol–water partition coefficient (Wildman–Crippen LogP) is 3.01. The molecule has 5 heteroatoms. The zero-order valence-corrected chi connectivity index (χ0v) is 10.2. The number of aromatic nitrogens is 1. The molecule has 18 heavy (non-hydrogen) atoms. The van der Waals surface area contributed by atoms with Gasteiger partial charge in [0, 0.05) is 12.5 Å². The largest absolute Gasteiger partial charge is 0.481 e. The van der Waals surface area contributed by atoms with E-state index in [1.165, 1.54) is 18.2 Å². The molecule has 1 aromatic carbocycles. The summed E-state index contributed by atoms with van der Waals surface area (Å²) in [5.41, 5.74) is 0.513. The van der Waals surface area contributed by atoms with Gasteiger partial charge in [-0.05, 0) is 17.5 Å². The van der Waals surface area contributed by atoms with Crippen molar-refractivity contribution in [2.45, 2.75) is 26.7 Å². The molecule has 0 amide bonds. The number of rotatable bonds is 4. The number of benzene rings is 1. The van der Waals surface area contributed by atoms with Gasteiger partial charge in [0.15, 0.2) is 11.5 Å². The molecule has 0 aliphatic heterocycles. The molecule has 0 saturated heterocycles. The molecule has 4 nitrogen and oxygen atoms in total. The van der Waals surface area contributed by atoms with Crippen molar-refractivity contribution in [3.63, 3.8) is 0 Å². The lowest BCUT2D eigenvalue weighted by atomic mass is 9.86. The SMILES string of the molecule is CC(C)(CC(=O)O)Cc1nc2cc(F)ccc2o1. The van der Waals surface area contributed by atoms with Gasteiger partial charge in [-0.25, -0.2) is 9.37 Å². The van der Waals surface area contributed by atoms with Crippen LogP contribution < -0.4 is 0 Å². The molecule has 0 spiro atoms. The zero-order valence-electron chi connectivity index (χ0n) is 10.2. The van der Waals surface area contributed by atoms with Crippen LogP contribution in [0.4, 0.5) is 4.39 Å². The van der Waals surface area contributed by atoms with Gasteiger partial charge in [-0.2, -0.15) is 0 Å². The van der Waals surface area contributed by atoms with Crippen LogP contribution in [0.1, 0.15) is 26.2 Å². The Morgan fingerprint density at radius 2 is 2.22 bits per heavy atom. The average molecular weight is 251 g/mol. The smallest absolute Gasteiger partial charge is 0.303 e. The lowest BCUT2D eigenvalue weighted by molar-refractivity contribution is -0.139. The Bertz CT molecular complexity index is 589. The number of hydrogen-bond donors (Lipinski definition) is 1. The number of carboxylic acids is 1. The zero-order chi connectivity index (χ0) is 13.3. The Labute approximate surface area is 103 Å². The summed E-state index contributed by atoms with van der Waals surface area (Å²) < 4.78 is 18.5. The molecule has 1 N–H and O–H groups in total. The topological polar surface area (TPSA) is 63.3 Å². The van der Waals surface area contributed by atoms with Crippen molar-refractivity contribution < 1.29 is 18.7 Å². The third-order valence-electron chi connectivity index (χ3n) is 2.65. The second-order valence-electron chi connectivity index (χ2n) is 5.13. The number of fused-ring (bicyclic) bond motifs is 1. The maximum atomic E-state index is 13.0. The second-order valence-corrected chi connectivity index (χ2v) is 5.13. The van der Waals surface area contributed by atoms with Crippen molar-refractivity contribution in [3.8, 4) is 0 Å². The van der Waals surface area contributed by atoms with E-state index in [0.29, 0.717) is 23.4 Å². The molecule has 2 rings (SSSR count). The van der Waals surface area contributed by atoms with Gasteiger partial charge in [-0.1, -0.05) is 13.8 Å². The van der Waals surface area contributed by atoms with Crippen LogP contribution in [0.2, 0.25) is 0 Å². The van der Waals surface area contributed by atoms with Gasteiger partial charge < -0.3 is 9.52 Å². The molecule has 0 aliphatic rings. The van der Waals surface area contributed by atoms with E-state index < -0.39 is 11.4 Å². The monoisotopic (exact) mass is 251 g/mol. The maximum absolute atomic E-state index is 13.0. The molecule has 96 valence electrons. The lowest BCUT2D eigenvalue weighted by Crippen LogP contribution is -2.19. The third-order valence-corrected chi connectivity index (χ3v) is 2.65. The summed E-state index contributed by atoms with van der Waals surface area (Å²) in [7, 11) is 0. The Balaban J connectivity index is 2.24.